The van der Waals surface area contributed by atoms with Crippen molar-refractivity contribution in [2.24, 2.45) is 0 Å². The Morgan fingerprint density at radius 3 is 2.47 bits per heavy atom. The van der Waals surface area contributed by atoms with Crippen molar-refractivity contribution in [3.05, 3.63) is 137 Å². The number of ether oxygens (including phenoxy) is 1. The van der Waals surface area contributed by atoms with Gasteiger partial charge >= 0.3 is 0 Å². The lowest BCUT2D eigenvalue weighted by molar-refractivity contribution is -0.384. The van der Waals surface area contributed by atoms with Crippen LogP contribution in [0.2, 0.25) is 0 Å². The number of rotatable bonds is 9. The maximum atomic E-state index is 12.5. The Hall–Kier alpha value is -5.55. The summed E-state index contributed by atoms with van der Waals surface area (Å²) in [5.41, 5.74) is 2.43. The molecule has 0 spiro atoms. The van der Waals surface area contributed by atoms with Gasteiger partial charge in [0.2, 0.25) is 0 Å². The molecule has 6 rings (SSSR count). The minimum absolute atomic E-state index is 0.0478. The molecule has 1 saturated heterocycles. The second-order valence-electron chi connectivity index (χ2n) is 9.67. The van der Waals surface area contributed by atoms with Crippen LogP contribution in [0.1, 0.15) is 23.5 Å². The fourth-order valence-corrected chi connectivity index (χ4v) is 5.33. The summed E-state index contributed by atoms with van der Waals surface area (Å²) in [7, 11) is 0. The number of nitrogens with one attached hydrogen (secondary N) is 2. The molecular weight excluding hydrogens is 566 g/mol. The van der Waals surface area contributed by atoms with Crippen LogP contribution < -0.4 is 20.3 Å². The summed E-state index contributed by atoms with van der Waals surface area (Å²) >= 11 is 5.79. The molecule has 2 atom stereocenters. The van der Waals surface area contributed by atoms with Crippen LogP contribution in [0.5, 0.6) is 5.75 Å². The molecule has 11 heteroatoms. The third-order valence-corrected chi connectivity index (χ3v) is 7.24. The van der Waals surface area contributed by atoms with E-state index in [1.807, 2.05) is 53.4 Å². The van der Waals surface area contributed by atoms with Crippen LogP contribution in [0.15, 0.2) is 120 Å². The summed E-state index contributed by atoms with van der Waals surface area (Å²) in [4.78, 5) is 30.2. The molecule has 43 heavy (non-hydrogen) atoms. The fourth-order valence-electron chi connectivity index (χ4n) is 4.99. The Kier molecular flexibility index (Phi) is 7.79. The molecule has 0 bridgehead atoms. The van der Waals surface area contributed by atoms with Crippen LogP contribution in [0.3, 0.4) is 0 Å². The molecule has 10 nitrogen and oxygen atoms in total. The Morgan fingerprint density at radius 2 is 1.72 bits per heavy atom. The number of hydrogen-bond acceptors (Lipinski definition) is 7. The van der Waals surface area contributed by atoms with E-state index in [4.69, 9.17) is 21.4 Å². The van der Waals surface area contributed by atoms with Gasteiger partial charge in [-0.3, -0.25) is 19.9 Å². The van der Waals surface area contributed by atoms with Gasteiger partial charge in [0.25, 0.3) is 11.6 Å². The SMILES string of the molecule is O=C(COc1ccccc1)Nc1ccc(N2C(=S)N[C@H](c3ccccn3)[C@H]2c2ccc(-c3ccccc3[N+](=O)[O-])o2)cc1. The first-order valence-corrected chi connectivity index (χ1v) is 13.8. The molecule has 2 N–H and O–H groups in total. The largest absolute Gasteiger partial charge is 0.484 e. The quantitative estimate of drug-likeness (QED) is 0.113. The second-order valence-corrected chi connectivity index (χ2v) is 10.1. The number of anilines is 2. The maximum absolute atomic E-state index is 12.5. The molecule has 1 amide bonds. The molecule has 0 unspecified atom stereocenters. The van der Waals surface area contributed by atoms with E-state index in [0.717, 1.165) is 11.4 Å². The predicted molar refractivity (Wildman–Crippen MR) is 166 cm³/mol. The molecule has 1 aliphatic rings. The van der Waals surface area contributed by atoms with Gasteiger partial charge in [0.05, 0.1) is 22.2 Å². The molecule has 0 radical (unpaired) electrons. The number of nitro benzene ring substituents is 1. The van der Waals surface area contributed by atoms with Crippen molar-refractivity contribution in [3.63, 3.8) is 0 Å². The lowest BCUT2D eigenvalue weighted by Gasteiger charge is -2.26. The van der Waals surface area contributed by atoms with Gasteiger partial charge in [-0.2, -0.15) is 0 Å². The van der Waals surface area contributed by atoms with Gasteiger partial charge in [0, 0.05) is 23.6 Å². The molecule has 5 aromatic rings. The first-order chi connectivity index (χ1) is 21.0. The van der Waals surface area contributed by atoms with Crippen molar-refractivity contribution < 1.29 is 18.9 Å². The fraction of sp³-hybridized carbons (Fsp3) is 0.0938. The average Bonchev–Trinajstić information content (AvgIpc) is 3.66. The molecule has 214 valence electrons. The van der Waals surface area contributed by atoms with Gasteiger partial charge < -0.3 is 24.7 Å². The van der Waals surface area contributed by atoms with Crippen molar-refractivity contribution in [2.75, 3.05) is 16.8 Å². The molecule has 0 aliphatic carbocycles. The number of benzene rings is 3. The van der Waals surface area contributed by atoms with Gasteiger partial charge in [-0.15, -0.1) is 0 Å². The molecular formula is C32H25N5O5S. The normalized spacial score (nSPS) is 16.0. The highest BCUT2D eigenvalue weighted by Gasteiger charge is 2.42. The minimum atomic E-state index is -0.460. The Bertz CT molecular complexity index is 1760. The first kappa shape index (κ1) is 27.6. The summed E-state index contributed by atoms with van der Waals surface area (Å²) in [6, 6.07) is 31.2. The van der Waals surface area contributed by atoms with Crippen molar-refractivity contribution in [1.29, 1.82) is 0 Å². The number of para-hydroxylation sites is 2. The van der Waals surface area contributed by atoms with Crippen molar-refractivity contribution >= 4 is 40.3 Å². The Balaban J connectivity index is 1.27. The number of nitro groups is 1. The van der Waals surface area contributed by atoms with Crippen LogP contribution >= 0.6 is 12.2 Å². The zero-order chi connectivity index (χ0) is 29.8. The monoisotopic (exact) mass is 591 g/mol. The van der Waals surface area contributed by atoms with Crippen molar-refractivity contribution in [3.8, 4) is 17.1 Å². The van der Waals surface area contributed by atoms with E-state index < -0.39 is 11.0 Å². The van der Waals surface area contributed by atoms with Gasteiger partial charge in [0.1, 0.15) is 23.3 Å². The summed E-state index contributed by atoms with van der Waals surface area (Å²) in [6.07, 6.45) is 1.71. The molecule has 0 saturated carbocycles. The molecule has 3 heterocycles. The van der Waals surface area contributed by atoms with Crippen LogP contribution in [-0.2, 0) is 4.79 Å². The first-order valence-electron chi connectivity index (χ1n) is 13.4. The van der Waals surface area contributed by atoms with Gasteiger partial charge in [0.15, 0.2) is 11.7 Å². The molecule has 3 aromatic carbocycles. The van der Waals surface area contributed by atoms with E-state index in [0.29, 0.717) is 33.6 Å². The number of furan rings is 1. The lowest BCUT2D eigenvalue weighted by Crippen LogP contribution is -2.29. The highest BCUT2D eigenvalue weighted by molar-refractivity contribution is 7.80. The summed E-state index contributed by atoms with van der Waals surface area (Å²) in [5.74, 6) is 1.24. The van der Waals surface area contributed by atoms with Crippen molar-refractivity contribution in [1.82, 2.24) is 10.3 Å². The number of nitrogens with zero attached hydrogens (tertiary/aromatic N) is 3. The standard InChI is InChI=1S/C32H25N5O5S/c38-29(20-41-23-8-2-1-3-9-23)34-21-13-15-22(16-14-21)36-31(30(35-32(36)43)25-11-6-7-19-33-25)28-18-17-27(42-28)24-10-4-5-12-26(24)37(39)40/h1-19,30-31H,20H2,(H,34,38)(H,35,43)/t30-,31-/m1/s1. The Morgan fingerprint density at radius 1 is 0.977 bits per heavy atom. The minimum Gasteiger partial charge on any atom is -0.484 e. The predicted octanol–water partition coefficient (Wildman–Crippen LogP) is 6.44. The smallest absolute Gasteiger partial charge is 0.280 e. The number of pyridine rings is 1. The second kappa shape index (κ2) is 12.1. The molecule has 1 fully saturated rings. The van der Waals surface area contributed by atoms with E-state index in [-0.39, 0.29) is 24.2 Å². The van der Waals surface area contributed by atoms with E-state index in [1.165, 1.54) is 6.07 Å². The van der Waals surface area contributed by atoms with Crippen molar-refractivity contribution in [2.45, 2.75) is 12.1 Å². The number of hydrogen-bond donors (Lipinski definition) is 2. The third-order valence-electron chi connectivity index (χ3n) is 6.92. The number of thiocarbonyl (C=S) groups is 1. The van der Waals surface area contributed by atoms with Crippen LogP contribution in [-0.4, -0.2) is 27.5 Å². The average molecular weight is 592 g/mol. The number of carbonyl (C=O) groups is 1. The van der Waals surface area contributed by atoms with Gasteiger partial charge in [-0.05, 0) is 78.9 Å². The summed E-state index contributed by atoms with van der Waals surface area (Å²) in [5, 5.41) is 18.3. The van der Waals surface area contributed by atoms with E-state index in [9.17, 15) is 14.9 Å². The molecule has 1 aliphatic heterocycles. The zero-order valence-electron chi connectivity index (χ0n) is 22.6. The molecule has 2 aromatic heterocycles. The van der Waals surface area contributed by atoms with E-state index in [1.54, 1.807) is 60.8 Å². The third kappa shape index (κ3) is 5.92. The highest BCUT2D eigenvalue weighted by Crippen LogP contribution is 2.43. The summed E-state index contributed by atoms with van der Waals surface area (Å²) < 4.78 is 11.8. The lowest BCUT2D eigenvalue weighted by atomic mass is 10.0. The van der Waals surface area contributed by atoms with Gasteiger partial charge in [-0.25, -0.2) is 0 Å². The maximum Gasteiger partial charge on any atom is 0.280 e. The van der Waals surface area contributed by atoms with Crippen LogP contribution in [0, 0.1) is 10.1 Å². The number of carbonyl (C=O) groups excluding carboxylic acids is 1. The number of aromatic nitrogens is 1. The summed E-state index contributed by atoms with van der Waals surface area (Å²) in [6.45, 7) is -0.125. The Labute approximate surface area is 252 Å². The van der Waals surface area contributed by atoms with E-state index in [2.05, 4.69) is 15.6 Å². The van der Waals surface area contributed by atoms with Crippen LogP contribution in [0.4, 0.5) is 17.1 Å². The van der Waals surface area contributed by atoms with Gasteiger partial charge in [-0.1, -0.05) is 36.4 Å². The van der Waals surface area contributed by atoms with Crippen LogP contribution in [0.25, 0.3) is 11.3 Å². The highest BCUT2D eigenvalue weighted by atomic mass is 32.1. The zero-order valence-corrected chi connectivity index (χ0v) is 23.4. The number of amides is 1. The van der Waals surface area contributed by atoms with E-state index >= 15 is 0 Å². The topological polar surface area (TPSA) is 123 Å².